The van der Waals surface area contributed by atoms with Gasteiger partial charge in [0.05, 0.1) is 19.6 Å². The summed E-state index contributed by atoms with van der Waals surface area (Å²) >= 11 is 12.5. The molecule has 4 heteroatoms. The zero-order chi connectivity index (χ0) is 14.5. The van der Waals surface area contributed by atoms with Gasteiger partial charge in [-0.1, -0.05) is 29.8 Å². The lowest BCUT2D eigenvalue weighted by Crippen LogP contribution is -1.99. The Labute approximate surface area is 129 Å². The average molecular weight is 311 g/mol. The molecule has 0 bridgehead atoms. The smallest absolute Gasteiger partial charge is 0.125 e. The maximum absolute atomic E-state index is 6.51. The van der Waals surface area contributed by atoms with E-state index in [-0.39, 0.29) is 5.38 Å². The van der Waals surface area contributed by atoms with Gasteiger partial charge < -0.3 is 9.47 Å². The van der Waals surface area contributed by atoms with Crippen molar-refractivity contribution in [2.24, 2.45) is 0 Å². The van der Waals surface area contributed by atoms with E-state index in [1.807, 2.05) is 36.4 Å². The van der Waals surface area contributed by atoms with Crippen molar-refractivity contribution in [3.8, 4) is 11.5 Å². The standard InChI is InChI=1S/C16H16Cl2O2/c1-19-13-5-3-4-11(8-13)9-15(18)14-7-6-12(17)10-16(14)20-2/h3-8,10,15H,9H2,1-2H3. The van der Waals surface area contributed by atoms with Gasteiger partial charge >= 0.3 is 0 Å². The van der Waals surface area contributed by atoms with Crippen molar-refractivity contribution in [3.63, 3.8) is 0 Å². The van der Waals surface area contributed by atoms with Crippen LogP contribution in [0.25, 0.3) is 0 Å². The highest BCUT2D eigenvalue weighted by atomic mass is 35.5. The molecule has 2 nitrogen and oxygen atoms in total. The van der Waals surface area contributed by atoms with Crippen LogP contribution in [0.2, 0.25) is 5.02 Å². The number of halogens is 2. The number of benzene rings is 2. The van der Waals surface area contributed by atoms with Crippen LogP contribution in [0.15, 0.2) is 42.5 Å². The molecule has 0 aliphatic rings. The largest absolute Gasteiger partial charge is 0.497 e. The van der Waals surface area contributed by atoms with E-state index < -0.39 is 0 Å². The van der Waals surface area contributed by atoms with Crippen molar-refractivity contribution in [3.05, 3.63) is 58.6 Å². The number of hydrogen-bond donors (Lipinski definition) is 0. The summed E-state index contributed by atoms with van der Waals surface area (Å²) in [4.78, 5) is 0. The second kappa shape index (κ2) is 6.87. The second-order valence-corrected chi connectivity index (χ2v) is 5.37. The molecule has 0 heterocycles. The van der Waals surface area contributed by atoms with Crippen LogP contribution < -0.4 is 9.47 Å². The Kier molecular flexibility index (Phi) is 5.16. The van der Waals surface area contributed by atoms with Crippen LogP contribution in [-0.2, 0) is 6.42 Å². The molecule has 0 aromatic heterocycles. The van der Waals surface area contributed by atoms with Gasteiger partial charge in [-0.2, -0.15) is 0 Å². The number of methoxy groups -OCH3 is 2. The van der Waals surface area contributed by atoms with E-state index in [0.29, 0.717) is 17.2 Å². The third-order valence-electron chi connectivity index (χ3n) is 3.08. The topological polar surface area (TPSA) is 18.5 Å². The molecule has 0 amide bonds. The summed E-state index contributed by atoms with van der Waals surface area (Å²) < 4.78 is 10.6. The summed E-state index contributed by atoms with van der Waals surface area (Å²) in [5, 5.41) is 0.449. The summed E-state index contributed by atoms with van der Waals surface area (Å²) in [6.07, 6.45) is 0.691. The first-order valence-electron chi connectivity index (χ1n) is 6.24. The third-order valence-corrected chi connectivity index (χ3v) is 3.71. The molecular weight excluding hydrogens is 295 g/mol. The molecule has 20 heavy (non-hydrogen) atoms. The Hall–Kier alpha value is -1.38. The lowest BCUT2D eigenvalue weighted by Gasteiger charge is -2.15. The molecule has 1 unspecified atom stereocenters. The van der Waals surface area contributed by atoms with Gasteiger partial charge in [0.15, 0.2) is 0 Å². The van der Waals surface area contributed by atoms with E-state index in [1.165, 1.54) is 0 Å². The zero-order valence-electron chi connectivity index (χ0n) is 11.4. The minimum absolute atomic E-state index is 0.186. The zero-order valence-corrected chi connectivity index (χ0v) is 12.9. The van der Waals surface area contributed by atoms with Crippen LogP contribution >= 0.6 is 23.2 Å². The predicted octanol–water partition coefficient (Wildman–Crippen LogP) is 4.88. The van der Waals surface area contributed by atoms with Gasteiger partial charge in [0.1, 0.15) is 11.5 Å². The van der Waals surface area contributed by atoms with Gasteiger partial charge in [0.25, 0.3) is 0 Å². The molecule has 2 rings (SSSR count). The fourth-order valence-electron chi connectivity index (χ4n) is 2.06. The third kappa shape index (κ3) is 3.59. The first-order chi connectivity index (χ1) is 9.63. The Morgan fingerprint density at radius 3 is 2.55 bits per heavy atom. The minimum atomic E-state index is -0.186. The number of hydrogen-bond acceptors (Lipinski definition) is 2. The van der Waals surface area contributed by atoms with E-state index in [4.69, 9.17) is 32.7 Å². The van der Waals surface area contributed by atoms with Gasteiger partial charge in [0, 0.05) is 10.6 Å². The molecule has 1 atom stereocenters. The summed E-state index contributed by atoms with van der Waals surface area (Å²) in [6, 6.07) is 13.4. The molecule has 0 aliphatic carbocycles. The van der Waals surface area contributed by atoms with Gasteiger partial charge in [-0.3, -0.25) is 0 Å². The average Bonchev–Trinajstić information content (AvgIpc) is 2.47. The molecule has 2 aromatic rings. The highest BCUT2D eigenvalue weighted by Crippen LogP contribution is 2.34. The molecule has 0 saturated carbocycles. The van der Waals surface area contributed by atoms with Crippen LogP contribution in [0.5, 0.6) is 11.5 Å². The van der Waals surface area contributed by atoms with Crippen LogP contribution in [-0.4, -0.2) is 14.2 Å². The van der Waals surface area contributed by atoms with Crippen molar-refractivity contribution in [2.45, 2.75) is 11.8 Å². The number of alkyl halides is 1. The molecule has 0 fully saturated rings. The summed E-state index contributed by atoms with van der Waals surface area (Å²) in [5.74, 6) is 1.54. The van der Waals surface area contributed by atoms with Crippen molar-refractivity contribution < 1.29 is 9.47 Å². The first kappa shape index (κ1) is 15.0. The fourth-order valence-corrected chi connectivity index (χ4v) is 2.58. The van der Waals surface area contributed by atoms with E-state index in [1.54, 1.807) is 20.3 Å². The molecule has 0 saturated heterocycles. The van der Waals surface area contributed by atoms with Crippen LogP contribution in [0, 0.1) is 0 Å². The molecule has 2 aromatic carbocycles. The highest BCUT2D eigenvalue weighted by molar-refractivity contribution is 6.30. The molecule has 106 valence electrons. The van der Waals surface area contributed by atoms with Crippen molar-refractivity contribution in [2.75, 3.05) is 14.2 Å². The van der Waals surface area contributed by atoms with Gasteiger partial charge in [-0.15, -0.1) is 11.6 Å². The maximum atomic E-state index is 6.51. The molecule has 0 spiro atoms. The van der Waals surface area contributed by atoms with Crippen molar-refractivity contribution in [1.29, 1.82) is 0 Å². The Bertz CT molecular complexity index is 584. The van der Waals surface area contributed by atoms with Crippen LogP contribution in [0.3, 0.4) is 0 Å². The van der Waals surface area contributed by atoms with E-state index >= 15 is 0 Å². The monoisotopic (exact) mass is 310 g/mol. The lowest BCUT2D eigenvalue weighted by molar-refractivity contribution is 0.409. The predicted molar refractivity (Wildman–Crippen MR) is 83.3 cm³/mol. The van der Waals surface area contributed by atoms with Crippen LogP contribution in [0.4, 0.5) is 0 Å². The van der Waals surface area contributed by atoms with Gasteiger partial charge in [-0.05, 0) is 36.2 Å². The first-order valence-corrected chi connectivity index (χ1v) is 7.06. The molecule has 0 aliphatic heterocycles. The van der Waals surface area contributed by atoms with E-state index in [0.717, 1.165) is 16.9 Å². The van der Waals surface area contributed by atoms with E-state index in [2.05, 4.69) is 0 Å². The second-order valence-electron chi connectivity index (χ2n) is 4.41. The van der Waals surface area contributed by atoms with Gasteiger partial charge in [-0.25, -0.2) is 0 Å². The summed E-state index contributed by atoms with van der Waals surface area (Å²) in [5.41, 5.74) is 2.04. The van der Waals surface area contributed by atoms with Crippen molar-refractivity contribution in [1.82, 2.24) is 0 Å². The number of rotatable bonds is 5. The van der Waals surface area contributed by atoms with Crippen molar-refractivity contribution >= 4 is 23.2 Å². The Morgan fingerprint density at radius 2 is 1.85 bits per heavy atom. The summed E-state index contributed by atoms with van der Waals surface area (Å²) in [6.45, 7) is 0. The van der Waals surface area contributed by atoms with E-state index in [9.17, 15) is 0 Å². The molecular formula is C16H16Cl2O2. The SMILES string of the molecule is COc1cccc(CC(Cl)c2ccc(Cl)cc2OC)c1. The van der Waals surface area contributed by atoms with Crippen LogP contribution in [0.1, 0.15) is 16.5 Å². The highest BCUT2D eigenvalue weighted by Gasteiger charge is 2.15. The molecule has 0 radical (unpaired) electrons. The fraction of sp³-hybridized carbons (Fsp3) is 0.250. The maximum Gasteiger partial charge on any atom is 0.125 e. The Morgan fingerprint density at radius 1 is 1.05 bits per heavy atom. The Balaban J connectivity index is 2.21. The normalized spacial score (nSPS) is 12.0. The van der Waals surface area contributed by atoms with Gasteiger partial charge in [0.2, 0.25) is 0 Å². The lowest BCUT2D eigenvalue weighted by atomic mass is 10.0. The quantitative estimate of drug-likeness (QED) is 0.733. The number of ether oxygens (including phenoxy) is 2. The minimum Gasteiger partial charge on any atom is -0.497 e. The summed E-state index contributed by atoms with van der Waals surface area (Å²) in [7, 11) is 3.27. The molecule has 0 N–H and O–H groups in total.